The number of amides is 1. The van der Waals surface area contributed by atoms with E-state index >= 15 is 0 Å². The fraction of sp³-hybridized carbons (Fsp3) is 0.409. The molecule has 4 rings (SSSR count). The maximum absolute atomic E-state index is 13.4. The molecular formula is C22H18BrClF6N4O2S. The minimum absolute atomic E-state index is 0.0516. The number of rotatable bonds is 5. The summed E-state index contributed by atoms with van der Waals surface area (Å²) < 4.78 is 83.5. The first-order valence-electron chi connectivity index (χ1n) is 10.8. The van der Waals surface area contributed by atoms with Gasteiger partial charge < -0.3 is 9.64 Å². The molecular weight excluding hydrogens is 614 g/mol. The Kier molecular flexibility index (Phi) is 7.82. The van der Waals surface area contributed by atoms with E-state index in [1.165, 1.54) is 0 Å². The van der Waals surface area contributed by atoms with Crippen LogP contribution < -0.4 is 4.74 Å². The van der Waals surface area contributed by atoms with E-state index in [-0.39, 0.29) is 34.0 Å². The number of piperidine rings is 1. The van der Waals surface area contributed by atoms with Crippen LogP contribution >= 0.6 is 38.9 Å². The van der Waals surface area contributed by atoms with Crippen LogP contribution in [0.3, 0.4) is 0 Å². The minimum Gasteiger partial charge on any atom is -0.405 e. The van der Waals surface area contributed by atoms with Gasteiger partial charge >= 0.3 is 12.5 Å². The van der Waals surface area contributed by atoms with Gasteiger partial charge in [0.15, 0.2) is 0 Å². The molecule has 0 radical (unpaired) electrons. The van der Waals surface area contributed by atoms with Crippen LogP contribution in [0.15, 0.2) is 28.9 Å². The third-order valence-electron chi connectivity index (χ3n) is 5.85. The number of thiazole rings is 1. The lowest BCUT2D eigenvalue weighted by Crippen LogP contribution is -2.40. The number of aromatic nitrogens is 3. The zero-order valence-corrected chi connectivity index (χ0v) is 22.1. The Morgan fingerprint density at radius 3 is 2.46 bits per heavy atom. The highest BCUT2D eigenvalue weighted by atomic mass is 79.9. The van der Waals surface area contributed by atoms with E-state index in [2.05, 4.69) is 30.7 Å². The highest BCUT2D eigenvalue weighted by Crippen LogP contribution is 2.47. The number of hydrogen-bond donors (Lipinski definition) is 0. The monoisotopic (exact) mass is 630 g/mol. The molecule has 0 saturated carbocycles. The van der Waals surface area contributed by atoms with E-state index in [4.69, 9.17) is 11.6 Å². The summed E-state index contributed by atoms with van der Waals surface area (Å²) in [5.41, 5.74) is -0.737. The summed E-state index contributed by atoms with van der Waals surface area (Å²) in [6.45, 7) is 2.91. The molecule has 1 aliphatic heterocycles. The summed E-state index contributed by atoms with van der Waals surface area (Å²) in [6, 6.07) is 3.44. The number of likely N-dealkylation sites (tertiary alicyclic amines) is 1. The molecule has 0 unspecified atom stereocenters. The Labute approximate surface area is 224 Å². The Balaban J connectivity index is 1.53. The molecule has 6 nitrogen and oxygen atoms in total. The van der Waals surface area contributed by atoms with E-state index in [1.54, 1.807) is 21.8 Å². The second-order valence-electron chi connectivity index (χ2n) is 8.34. The van der Waals surface area contributed by atoms with Crippen molar-refractivity contribution in [2.75, 3.05) is 13.1 Å². The topological polar surface area (TPSA) is 60.2 Å². The summed E-state index contributed by atoms with van der Waals surface area (Å²) in [4.78, 5) is 18.8. The summed E-state index contributed by atoms with van der Waals surface area (Å²) in [7, 11) is 0. The van der Waals surface area contributed by atoms with Crippen LogP contribution in [0.25, 0.3) is 11.3 Å². The van der Waals surface area contributed by atoms with E-state index in [0.29, 0.717) is 37.0 Å². The second-order valence-corrected chi connectivity index (χ2v) is 10.8. The van der Waals surface area contributed by atoms with Crippen molar-refractivity contribution in [1.82, 2.24) is 19.7 Å². The van der Waals surface area contributed by atoms with Crippen molar-refractivity contribution < 1.29 is 35.9 Å². The molecule has 200 valence electrons. The molecule has 15 heteroatoms. The van der Waals surface area contributed by atoms with Crippen molar-refractivity contribution in [2.45, 2.75) is 44.8 Å². The highest BCUT2D eigenvalue weighted by Gasteiger charge is 2.41. The largest absolute Gasteiger partial charge is 0.573 e. The average molecular weight is 632 g/mol. The molecule has 1 aliphatic rings. The van der Waals surface area contributed by atoms with Crippen LogP contribution in [0.1, 0.15) is 35.0 Å². The number of ether oxygens (including phenoxy) is 1. The minimum atomic E-state index is -5.34. The maximum atomic E-state index is 13.4. The molecule has 0 spiro atoms. The molecule has 1 aromatic carbocycles. The van der Waals surface area contributed by atoms with Crippen LogP contribution in [-0.2, 0) is 17.5 Å². The number of carbonyl (C=O) groups is 1. The van der Waals surface area contributed by atoms with Crippen molar-refractivity contribution in [1.29, 1.82) is 0 Å². The van der Waals surface area contributed by atoms with E-state index < -0.39 is 28.3 Å². The van der Waals surface area contributed by atoms with Crippen molar-refractivity contribution >= 4 is 44.8 Å². The van der Waals surface area contributed by atoms with Gasteiger partial charge in [-0.1, -0.05) is 27.5 Å². The third-order valence-corrected chi connectivity index (χ3v) is 7.89. The van der Waals surface area contributed by atoms with Crippen LogP contribution in [0.2, 0.25) is 4.34 Å². The van der Waals surface area contributed by atoms with Gasteiger partial charge in [-0.05, 0) is 38.0 Å². The van der Waals surface area contributed by atoms with Crippen LogP contribution in [-0.4, -0.2) is 45.0 Å². The van der Waals surface area contributed by atoms with E-state index in [1.807, 2.05) is 6.92 Å². The third kappa shape index (κ3) is 6.40. The number of benzene rings is 1. The lowest BCUT2D eigenvalue weighted by atomic mass is 9.97. The molecule has 0 atom stereocenters. The lowest BCUT2D eigenvalue weighted by molar-refractivity contribution is -0.276. The van der Waals surface area contributed by atoms with Crippen LogP contribution in [0.4, 0.5) is 26.3 Å². The first-order chi connectivity index (χ1) is 17.2. The molecule has 1 fully saturated rings. The molecule has 2 aromatic heterocycles. The second kappa shape index (κ2) is 10.4. The van der Waals surface area contributed by atoms with Crippen LogP contribution in [0.5, 0.6) is 5.75 Å². The number of aryl methyl sites for hydroxylation is 1. The maximum Gasteiger partial charge on any atom is 0.573 e. The Morgan fingerprint density at radius 1 is 1.22 bits per heavy atom. The molecule has 3 heterocycles. The van der Waals surface area contributed by atoms with E-state index in [0.717, 1.165) is 23.1 Å². The molecule has 1 saturated heterocycles. The average Bonchev–Trinajstić information content (AvgIpc) is 3.36. The smallest absolute Gasteiger partial charge is 0.405 e. The van der Waals surface area contributed by atoms with Gasteiger partial charge in [0, 0.05) is 40.9 Å². The van der Waals surface area contributed by atoms with Crippen molar-refractivity contribution in [3.63, 3.8) is 0 Å². The van der Waals surface area contributed by atoms with Gasteiger partial charge in [0.1, 0.15) is 27.9 Å². The summed E-state index contributed by atoms with van der Waals surface area (Å²) in [5, 5.41) is 4.70. The number of hydrogen-bond acceptors (Lipinski definition) is 5. The van der Waals surface area contributed by atoms with Gasteiger partial charge in [-0.3, -0.25) is 9.48 Å². The van der Waals surface area contributed by atoms with Gasteiger partial charge in [-0.15, -0.1) is 24.5 Å². The molecule has 0 aliphatic carbocycles. The number of halogens is 8. The Bertz CT molecular complexity index is 1300. The predicted octanol–water partition coefficient (Wildman–Crippen LogP) is 7.05. The number of carbonyl (C=O) groups excluding carboxylic acids is 1. The van der Waals surface area contributed by atoms with E-state index in [9.17, 15) is 31.1 Å². The summed E-state index contributed by atoms with van der Waals surface area (Å²) in [6.07, 6.45) is -7.67. The van der Waals surface area contributed by atoms with Gasteiger partial charge in [0.05, 0.1) is 5.01 Å². The Morgan fingerprint density at radius 2 is 1.89 bits per heavy atom. The number of alkyl halides is 6. The quantitative estimate of drug-likeness (QED) is 0.283. The fourth-order valence-corrected chi connectivity index (χ4v) is 6.07. The van der Waals surface area contributed by atoms with Crippen molar-refractivity contribution in [3.8, 4) is 17.0 Å². The fourth-order valence-electron chi connectivity index (χ4n) is 4.04. The molecule has 3 aromatic rings. The standard InChI is InChI=1S/C22H18BrClF6N4O2S/c1-11-2-5-31-34(11)10-16(35)33-6-3-12(4-7-33)20-32-18(19(24)37-20)13-8-14(23)17(21(25,26)27)15(9-13)36-22(28,29)30/h2,5,8-9,12H,3-4,6-7,10H2,1H3. The predicted molar refractivity (Wildman–Crippen MR) is 127 cm³/mol. The molecule has 1 amide bonds. The molecule has 0 bridgehead atoms. The number of nitrogens with zero attached hydrogens (tertiary/aromatic N) is 4. The summed E-state index contributed by atoms with van der Waals surface area (Å²) in [5.74, 6) is -1.56. The van der Waals surface area contributed by atoms with Gasteiger partial charge in [0.2, 0.25) is 5.91 Å². The first kappa shape index (κ1) is 27.7. The highest BCUT2D eigenvalue weighted by molar-refractivity contribution is 9.10. The van der Waals surface area contributed by atoms with Gasteiger partial charge in [-0.2, -0.15) is 18.3 Å². The summed E-state index contributed by atoms with van der Waals surface area (Å²) >= 11 is 10.1. The SMILES string of the molecule is Cc1ccnn1CC(=O)N1CCC(c2nc(-c3cc(Br)c(C(F)(F)F)c(OC(F)(F)F)c3)c(Cl)s2)CC1. The lowest BCUT2D eigenvalue weighted by Gasteiger charge is -2.31. The van der Waals surface area contributed by atoms with Crippen molar-refractivity contribution in [3.05, 3.63) is 49.5 Å². The zero-order chi connectivity index (χ0) is 27.1. The van der Waals surface area contributed by atoms with Gasteiger partial charge in [-0.25, -0.2) is 4.98 Å². The Hall–Kier alpha value is -2.32. The first-order valence-corrected chi connectivity index (χ1v) is 12.8. The normalized spacial score (nSPS) is 15.3. The van der Waals surface area contributed by atoms with Crippen molar-refractivity contribution in [2.24, 2.45) is 0 Å². The van der Waals surface area contributed by atoms with Crippen LogP contribution in [0, 0.1) is 6.92 Å². The zero-order valence-electron chi connectivity index (χ0n) is 19.0. The molecule has 0 N–H and O–H groups in total. The molecule has 37 heavy (non-hydrogen) atoms. The van der Waals surface area contributed by atoms with Gasteiger partial charge in [0.25, 0.3) is 0 Å².